The van der Waals surface area contributed by atoms with Crippen molar-refractivity contribution >= 4 is 16.5 Å². The Morgan fingerprint density at radius 1 is 1.30 bits per heavy atom. The molecular formula is C15H26N4S. The molecule has 0 bridgehead atoms. The quantitative estimate of drug-likeness (QED) is 0.902. The lowest BCUT2D eigenvalue weighted by molar-refractivity contribution is 0.260. The largest absolute Gasteiger partial charge is 0.346 e. The minimum absolute atomic E-state index is 0.763. The van der Waals surface area contributed by atoms with Gasteiger partial charge < -0.3 is 10.2 Å². The van der Waals surface area contributed by atoms with Crippen LogP contribution in [0.4, 0.5) is 5.13 Å². The Morgan fingerprint density at radius 3 is 2.85 bits per heavy atom. The van der Waals surface area contributed by atoms with Gasteiger partial charge in [0.2, 0.25) is 0 Å². The number of nitrogens with zero attached hydrogens (tertiary/aromatic N) is 3. The summed E-state index contributed by atoms with van der Waals surface area (Å²) in [5.41, 5.74) is 1.20. The fourth-order valence-electron chi connectivity index (χ4n) is 3.27. The molecule has 2 fully saturated rings. The predicted octanol–water partition coefficient (Wildman–Crippen LogP) is 2.24. The molecule has 1 unspecified atom stereocenters. The van der Waals surface area contributed by atoms with Crippen LogP contribution in [0.3, 0.4) is 0 Å². The van der Waals surface area contributed by atoms with E-state index in [-0.39, 0.29) is 0 Å². The Labute approximate surface area is 126 Å². The first-order valence-electron chi connectivity index (χ1n) is 7.94. The second kappa shape index (κ2) is 6.41. The van der Waals surface area contributed by atoms with Gasteiger partial charge in [-0.2, -0.15) is 0 Å². The maximum atomic E-state index is 4.79. The number of rotatable bonds is 5. The molecule has 0 aromatic carbocycles. The summed E-state index contributed by atoms with van der Waals surface area (Å²) in [6.45, 7) is 11.2. The van der Waals surface area contributed by atoms with Crippen LogP contribution in [0.25, 0.3) is 0 Å². The Bertz CT molecular complexity index is 439. The highest BCUT2D eigenvalue weighted by atomic mass is 32.1. The average molecular weight is 294 g/mol. The van der Waals surface area contributed by atoms with Gasteiger partial charge in [-0.3, -0.25) is 4.90 Å². The number of likely N-dealkylation sites (tertiary alicyclic amines) is 1. The van der Waals surface area contributed by atoms with E-state index in [0.29, 0.717) is 0 Å². The molecule has 0 spiro atoms. The summed E-state index contributed by atoms with van der Waals surface area (Å²) in [7, 11) is 0. The average Bonchev–Trinajstić information content (AvgIpc) is 3.16. The Hall–Kier alpha value is -0.650. The van der Waals surface area contributed by atoms with Crippen LogP contribution in [0, 0.1) is 6.92 Å². The number of hydrogen-bond donors (Lipinski definition) is 1. The van der Waals surface area contributed by atoms with Gasteiger partial charge in [-0.25, -0.2) is 4.98 Å². The summed E-state index contributed by atoms with van der Waals surface area (Å²) in [5, 5.41) is 4.64. The molecule has 5 heteroatoms. The van der Waals surface area contributed by atoms with Gasteiger partial charge in [0, 0.05) is 30.6 Å². The summed E-state index contributed by atoms with van der Waals surface area (Å²) < 4.78 is 0. The molecule has 20 heavy (non-hydrogen) atoms. The molecule has 0 radical (unpaired) electrons. The van der Waals surface area contributed by atoms with Crippen molar-refractivity contribution < 1.29 is 0 Å². The highest BCUT2D eigenvalue weighted by Crippen LogP contribution is 2.30. The predicted molar refractivity (Wildman–Crippen MR) is 85.7 cm³/mol. The van der Waals surface area contributed by atoms with Crippen LogP contribution in [0.2, 0.25) is 0 Å². The summed E-state index contributed by atoms with van der Waals surface area (Å²) in [5.74, 6) is 0. The molecule has 1 N–H and O–H groups in total. The van der Waals surface area contributed by atoms with Gasteiger partial charge in [-0.15, -0.1) is 11.3 Å². The molecule has 3 heterocycles. The standard InChI is InChI=1S/C15H26N4S/c1-3-16-10-14-12(2)17-15(20-14)19-9-6-13(11-19)18-7-4-5-8-18/h13,16H,3-11H2,1-2H3. The first-order valence-corrected chi connectivity index (χ1v) is 8.75. The Balaban J connectivity index is 1.62. The maximum Gasteiger partial charge on any atom is 0.185 e. The van der Waals surface area contributed by atoms with Crippen molar-refractivity contribution in [2.45, 2.75) is 45.7 Å². The van der Waals surface area contributed by atoms with E-state index >= 15 is 0 Å². The van der Waals surface area contributed by atoms with Crippen LogP contribution in [-0.2, 0) is 6.54 Å². The zero-order valence-corrected chi connectivity index (χ0v) is 13.5. The third kappa shape index (κ3) is 3.00. The van der Waals surface area contributed by atoms with E-state index in [1.54, 1.807) is 0 Å². The van der Waals surface area contributed by atoms with Crippen molar-refractivity contribution in [3.63, 3.8) is 0 Å². The second-order valence-corrected chi connectivity index (χ2v) is 6.98. The Morgan fingerprint density at radius 2 is 2.10 bits per heavy atom. The molecule has 112 valence electrons. The third-order valence-electron chi connectivity index (χ3n) is 4.51. The topological polar surface area (TPSA) is 31.4 Å². The fourth-order valence-corrected chi connectivity index (χ4v) is 4.34. The highest BCUT2D eigenvalue weighted by molar-refractivity contribution is 7.15. The summed E-state index contributed by atoms with van der Waals surface area (Å²) in [4.78, 5) is 11.4. The van der Waals surface area contributed by atoms with Crippen molar-refractivity contribution in [2.24, 2.45) is 0 Å². The smallest absolute Gasteiger partial charge is 0.185 e. The van der Waals surface area contributed by atoms with Crippen LogP contribution in [-0.4, -0.2) is 48.6 Å². The summed E-state index contributed by atoms with van der Waals surface area (Å²) in [6, 6.07) is 0.763. The Kier molecular flexibility index (Phi) is 4.58. The molecule has 2 aliphatic rings. The van der Waals surface area contributed by atoms with Crippen molar-refractivity contribution in [1.29, 1.82) is 0 Å². The van der Waals surface area contributed by atoms with Gasteiger partial charge in [0.1, 0.15) is 0 Å². The first kappa shape index (κ1) is 14.3. The molecule has 2 aliphatic heterocycles. The van der Waals surface area contributed by atoms with Gasteiger partial charge in [0.05, 0.1) is 5.69 Å². The van der Waals surface area contributed by atoms with Crippen molar-refractivity contribution in [3.8, 4) is 0 Å². The molecule has 3 rings (SSSR count). The molecule has 1 atom stereocenters. The van der Waals surface area contributed by atoms with Gasteiger partial charge >= 0.3 is 0 Å². The molecule has 1 aromatic rings. The molecule has 2 saturated heterocycles. The molecule has 1 aromatic heterocycles. The molecule has 0 aliphatic carbocycles. The monoisotopic (exact) mass is 294 g/mol. The van der Waals surface area contributed by atoms with E-state index in [1.165, 1.54) is 61.1 Å². The van der Waals surface area contributed by atoms with Gasteiger partial charge in [-0.1, -0.05) is 6.92 Å². The molecular weight excluding hydrogens is 268 g/mol. The van der Waals surface area contributed by atoms with Crippen LogP contribution in [0.5, 0.6) is 0 Å². The van der Waals surface area contributed by atoms with Crippen LogP contribution >= 0.6 is 11.3 Å². The minimum Gasteiger partial charge on any atom is -0.346 e. The SMILES string of the molecule is CCNCc1sc(N2CCC(N3CCCC3)C2)nc1C. The van der Waals surface area contributed by atoms with E-state index < -0.39 is 0 Å². The lowest BCUT2D eigenvalue weighted by Gasteiger charge is -2.23. The molecule has 0 amide bonds. The van der Waals surface area contributed by atoms with E-state index in [9.17, 15) is 0 Å². The van der Waals surface area contributed by atoms with Crippen molar-refractivity contribution in [2.75, 3.05) is 37.6 Å². The second-order valence-electron chi connectivity index (χ2n) is 5.92. The highest BCUT2D eigenvalue weighted by Gasteiger charge is 2.30. The van der Waals surface area contributed by atoms with Crippen LogP contribution in [0.1, 0.15) is 36.8 Å². The summed E-state index contributed by atoms with van der Waals surface area (Å²) in [6.07, 6.45) is 4.08. The van der Waals surface area contributed by atoms with E-state index in [2.05, 4.69) is 29.0 Å². The number of nitrogens with one attached hydrogen (secondary N) is 1. The normalized spacial score (nSPS) is 23.9. The maximum absolute atomic E-state index is 4.79. The fraction of sp³-hybridized carbons (Fsp3) is 0.800. The van der Waals surface area contributed by atoms with Gasteiger partial charge in [-0.05, 0) is 45.8 Å². The minimum atomic E-state index is 0.763. The van der Waals surface area contributed by atoms with Crippen molar-refractivity contribution in [3.05, 3.63) is 10.6 Å². The zero-order valence-electron chi connectivity index (χ0n) is 12.7. The third-order valence-corrected chi connectivity index (χ3v) is 5.73. The number of aryl methyl sites for hydroxylation is 1. The lowest BCUT2D eigenvalue weighted by Crippen LogP contribution is -2.35. The van der Waals surface area contributed by atoms with Crippen LogP contribution in [0.15, 0.2) is 0 Å². The van der Waals surface area contributed by atoms with E-state index in [1.807, 2.05) is 11.3 Å². The number of hydrogen-bond acceptors (Lipinski definition) is 5. The van der Waals surface area contributed by atoms with Gasteiger partial charge in [0.15, 0.2) is 5.13 Å². The van der Waals surface area contributed by atoms with E-state index in [0.717, 1.165) is 19.1 Å². The van der Waals surface area contributed by atoms with Crippen LogP contribution < -0.4 is 10.2 Å². The molecule has 4 nitrogen and oxygen atoms in total. The van der Waals surface area contributed by atoms with Gasteiger partial charge in [0.25, 0.3) is 0 Å². The molecule has 0 saturated carbocycles. The lowest BCUT2D eigenvalue weighted by atomic mass is 10.2. The van der Waals surface area contributed by atoms with Crippen molar-refractivity contribution in [1.82, 2.24) is 15.2 Å². The summed E-state index contributed by atoms with van der Waals surface area (Å²) >= 11 is 1.88. The number of anilines is 1. The zero-order chi connectivity index (χ0) is 13.9. The number of thiazole rings is 1. The van der Waals surface area contributed by atoms with E-state index in [4.69, 9.17) is 4.98 Å². The first-order chi connectivity index (χ1) is 9.78. The number of aromatic nitrogens is 1.